The van der Waals surface area contributed by atoms with Gasteiger partial charge in [0.15, 0.2) is 5.78 Å². The second-order valence-corrected chi connectivity index (χ2v) is 5.70. The maximum Gasteiger partial charge on any atom is 0.270 e. The van der Waals surface area contributed by atoms with Crippen molar-refractivity contribution in [1.29, 1.82) is 0 Å². The number of rotatable bonds is 2. The van der Waals surface area contributed by atoms with Gasteiger partial charge < -0.3 is 4.74 Å². The van der Waals surface area contributed by atoms with E-state index < -0.39 is 4.92 Å². The van der Waals surface area contributed by atoms with Crippen molar-refractivity contribution in [3.05, 3.63) is 73.8 Å². The molecule has 2 aromatic carbocycles. The smallest absolute Gasteiger partial charge is 0.270 e. The first kappa shape index (κ1) is 14.5. The molecule has 0 aliphatic carbocycles. The molecule has 5 nitrogen and oxygen atoms in total. The number of benzene rings is 2. The first-order valence-corrected chi connectivity index (χ1v) is 7.26. The third-order valence-electron chi connectivity index (χ3n) is 3.28. The van der Waals surface area contributed by atoms with E-state index in [2.05, 4.69) is 15.9 Å². The molecule has 1 aliphatic rings. The molecule has 0 fully saturated rings. The van der Waals surface area contributed by atoms with Crippen LogP contribution in [0.1, 0.15) is 15.9 Å². The lowest BCUT2D eigenvalue weighted by Crippen LogP contribution is -2.19. The van der Waals surface area contributed by atoms with Crippen LogP contribution in [-0.4, -0.2) is 17.3 Å². The van der Waals surface area contributed by atoms with Crippen LogP contribution in [0.5, 0.6) is 5.75 Å². The average Bonchev–Trinajstić information content (AvgIpc) is 2.51. The van der Waals surface area contributed by atoms with Gasteiger partial charge in [0.2, 0.25) is 0 Å². The molecule has 0 spiro atoms. The molecule has 0 saturated heterocycles. The number of Topliss-reactive ketones (excluding diaryl/α,β-unsaturated/α-hetero) is 1. The molecule has 0 atom stereocenters. The van der Waals surface area contributed by atoms with Crippen LogP contribution in [0.4, 0.5) is 5.69 Å². The second-order valence-electron chi connectivity index (χ2n) is 4.78. The maximum atomic E-state index is 12.5. The van der Waals surface area contributed by atoms with Crippen LogP contribution in [0.25, 0.3) is 6.08 Å². The lowest BCUT2D eigenvalue weighted by atomic mass is 9.98. The number of nitro benzene ring substituents is 1. The largest absolute Gasteiger partial charge is 0.488 e. The van der Waals surface area contributed by atoms with Crippen molar-refractivity contribution in [1.82, 2.24) is 0 Å². The molecule has 1 heterocycles. The van der Waals surface area contributed by atoms with Gasteiger partial charge in [-0.1, -0.05) is 28.1 Å². The molecule has 0 aromatic heterocycles. The maximum absolute atomic E-state index is 12.5. The van der Waals surface area contributed by atoms with Crippen molar-refractivity contribution >= 4 is 33.5 Å². The molecule has 22 heavy (non-hydrogen) atoms. The Hall–Kier alpha value is -2.47. The quantitative estimate of drug-likeness (QED) is 0.461. The Kier molecular flexibility index (Phi) is 3.77. The highest BCUT2D eigenvalue weighted by atomic mass is 79.9. The van der Waals surface area contributed by atoms with Crippen LogP contribution < -0.4 is 4.74 Å². The Bertz CT molecular complexity index is 814. The number of nitro groups is 1. The average molecular weight is 360 g/mol. The molecule has 110 valence electrons. The van der Waals surface area contributed by atoms with Gasteiger partial charge in [-0.25, -0.2) is 0 Å². The molecule has 0 amide bonds. The number of nitrogens with zero attached hydrogens (tertiary/aromatic N) is 1. The Labute approximate surface area is 134 Å². The molecular weight excluding hydrogens is 350 g/mol. The summed E-state index contributed by atoms with van der Waals surface area (Å²) in [4.78, 5) is 22.8. The van der Waals surface area contributed by atoms with Crippen LogP contribution in [0.2, 0.25) is 0 Å². The Morgan fingerprint density at radius 3 is 2.82 bits per heavy atom. The molecule has 2 aromatic rings. The molecule has 0 radical (unpaired) electrons. The van der Waals surface area contributed by atoms with E-state index in [9.17, 15) is 14.9 Å². The van der Waals surface area contributed by atoms with E-state index in [4.69, 9.17) is 4.74 Å². The van der Waals surface area contributed by atoms with Gasteiger partial charge in [-0.2, -0.15) is 0 Å². The fraction of sp³-hybridized carbons (Fsp3) is 0.0625. The van der Waals surface area contributed by atoms with E-state index in [-0.39, 0.29) is 18.1 Å². The van der Waals surface area contributed by atoms with Gasteiger partial charge in [-0.05, 0) is 29.8 Å². The van der Waals surface area contributed by atoms with Crippen molar-refractivity contribution in [2.45, 2.75) is 0 Å². The Morgan fingerprint density at radius 2 is 2.05 bits per heavy atom. The Morgan fingerprint density at radius 1 is 1.23 bits per heavy atom. The first-order chi connectivity index (χ1) is 10.5. The molecule has 0 unspecified atom stereocenters. The fourth-order valence-corrected chi connectivity index (χ4v) is 2.60. The zero-order valence-electron chi connectivity index (χ0n) is 11.3. The second kappa shape index (κ2) is 5.73. The number of ether oxygens (including phenoxy) is 1. The Balaban J connectivity index is 1.98. The number of non-ortho nitro benzene ring substituents is 1. The normalized spacial score (nSPS) is 15.3. The van der Waals surface area contributed by atoms with E-state index in [1.165, 1.54) is 12.1 Å². The van der Waals surface area contributed by atoms with Gasteiger partial charge in [0.05, 0.1) is 10.5 Å². The predicted molar refractivity (Wildman–Crippen MR) is 85.0 cm³/mol. The first-order valence-electron chi connectivity index (χ1n) is 6.46. The minimum Gasteiger partial charge on any atom is -0.488 e. The van der Waals surface area contributed by atoms with Gasteiger partial charge in [-0.15, -0.1) is 0 Å². The van der Waals surface area contributed by atoms with Crippen molar-refractivity contribution in [3.63, 3.8) is 0 Å². The molecule has 0 N–H and O–H groups in total. The number of ketones is 1. The highest BCUT2D eigenvalue weighted by molar-refractivity contribution is 9.10. The van der Waals surface area contributed by atoms with Crippen molar-refractivity contribution < 1.29 is 14.5 Å². The fourth-order valence-electron chi connectivity index (χ4n) is 2.24. The zero-order valence-corrected chi connectivity index (χ0v) is 12.9. The van der Waals surface area contributed by atoms with E-state index >= 15 is 0 Å². The van der Waals surface area contributed by atoms with Gasteiger partial charge in [0.25, 0.3) is 5.69 Å². The highest BCUT2D eigenvalue weighted by Gasteiger charge is 2.23. The lowest BCUT2D eigenvalue weighted by molar-refractivity contribution is -0.384. The monoisotopic (exact) mass is 359 g/mol. The number of carbonyl (C=O) groups excluding carboxylic acids is 1. The third-order valence-corrected chi connectivity index (χ3v) is 3.78. The molecule has 0 saturated carbocycles. The topological polar surface area (TPSA) is 69.4 Å². The van der Waals surface area contributed by atoms with Crippen LogP contribution in [0, 0.1) is 10.1 Å². The minimum atomic E-state index is -0.465. The van der Waals surface area contributed by atoms with Crippen molar-refractivity contribution in [3.8, 4) is 5.75 Å². The minimum absolute atomic E-state index is 0.0123. The summed E-state index contributed by atoms with van der Waals surface area (Å²) in [6.45, 7) is 0.149. The lowest BCUT2D eigenvalue weighted by Gasteiger charge is -2.19. The summed E-state index contributed by atoms with van der Waals surface area (Å²) < 4.78 is 6.36. The van der Waals surface area contributed by atoms with Gasteiger partial charge in [0, 0.05) is 22.2 Å². The third kappa shape index (κ3) is 2.78. The number of halogens is 1. The summed E-state index contributed by atoms with van der Waals surface area (Å²) in [6, 6.07) is 11.4. The molecular formula is C16H10BrNO4. The molecule has 3 rings (SSSR count). The van der Waals surface area contributed by atoms with Gasteiger partial charge in [-0.3, -0.25) is 14.9 Å². The van der Waals surface area contributed by atoms with Crippen LogP contribution in [0.15, 0.2) is 52.5 Å². The van der Waals surface area contributed by atoms with E-state index in [0.717, 1.165) is 4.47 Å². The summed E-state index contributed by atoms with van der Waals surface area (Å²) in [5.74, 6) is 0.415. The SMILES string of the molecule is O=C1C(=Cc2cccc([N+](=O)[O-])c2)COc2ccc(Br)cc21. The zero-order chi connectivity index (χ0) is 15.7. The summed E-state index contributed by atoms with van der Waals surface area (Å²) in [5, 5.41) is 10.8. The van der Waals surface area contributed by atoms with Crippen molar-refractivity contribution in [2.75, 3.05) is 6.61 Å². The highest BCUT2D eigenvalue weighted by Crippen LogP contribution is 2.30. The van der Waals surface area contributed by atoms with E-state index in [1.54, 1.807) is 36.4 Å². The number of fused-ring (bicyclic) bond motifs is 1. The summed E-state index contributed by atoms with van der Waals surface area (Å²) >= 11 is 3.33. The summed E-state index contributed by atoms with van der Waals surface area (Å²) in [6.07, 6.45) is 1.62. The number of hydrogen-bond donors (Lipinski definition) is 0. The summed E-state index contributed by atoms with van der Waals surface area (Å²) in [5.41, 5.74) is 1.53. The number of carbonyl (C=O) groups is 1. The summed E-state index contributed by atoms with van der Waals surface area (Å²) in [7, 11) is 0. The molecule has 1 aliphatic heterocycles. The van der Waals surface area contributed by atoms with E-state index in [1.807, 2.05) is 0 Å². The van der Waals surface area contributed by atoms with Gasteiger partial charge in [0.1, 0.15) is 12.4 Å². The predicted octanol–water partition coefficient (Wildman–Crippen LogP) is 4.02. The van der Waals surface area contributed by atoms with Gasteiger partial charge >= 0.3 is 0 Å². The molecule has 6 heteroatoms. The van der Waals surface area contributed by atoms with Crippen LogP contribution >= 0.6 is 15.9 Å². The van der Waals surface area contributed by atoms with Crippen molar-refractivity contribution in [2.24, 2.45) is 0 Å². The standard InChI is InChI=1S/C16H10BrNO4/c17-12-4-5-15-14(8-12)16(19)11(9-22-15)6-10-2-1-3-13(7-10)18(20)21/h1-8H,9H2. The van der Waals surface area contributed by atoms with Crippen LogP contribution in [-0.2, 0) is 0 Å². The van der Waals surface area contributed by atoms with E-state index in [0.29, 0.717) is 22.4 Å². The number of hydrogen-bond acceptors (Lipinski definition) is 4. The molecule has 0 bridgehead atoms. The van der Waals surface area contributed by atoms with Crippen LogP contribution in [0.3, 0.4) is 0 Å².